The average molecular weight is 375 g/mol. The third kappa shape index (κ3) is 3.41. The highest BCUT2D eigenvalue weighted by Gasteiger charge is 2.38. The number of hydrogen-bond donors (Lipinski definition) is 0. The molecule has 6 heteroatoms. The van der Waals surface area contributed by atoms with E-state index in [1.54, 1.807) is 11.3 Å². The zero-order chi connectivity index (χ0) is 18.1. The van der Waals surface area contributed by atoms with Crippen molar-refractivity contribution in [1.29, 1.82) is 0 Å². The Morgan fingerprint density at radius 2 is 2.04 bits per heavy atom. The Labute approximate surface area is 160 Å². The van der Waals surface area contributed by atoms with E-state index in [-0.39, 0.29) is 5.41 Å². The van der Waals surface area contributed by atoms with Crippen molar-refractivity contribution in [2.75, 3.05) is 32.7 Å². The van der Waals surface area contributed by atoms with Crippen LogP contribution in [-0.2, 0) is 10.2 Å². The van der Waals surface area contributed by atoms with Crippen molar-refractivity contribution < 1.29 is 4.79 Å². The van der Waals surface area contributed by atoms with E-state index in [0.29, 0.717) is 12.3 Å². The highest BCUT2D eigenvalue weighted by Crippen LogP contribution is 2.37. The van der Waals surface area contributed by atoms with Crippen LogP contribution in [0.5, 0.6) is 0 Å². The summed E-state index contributed by atoms with van der Waals surface area (Å²) in [6.45, 7) is 9.30. The molecule has 4 rings (SSSR count). The van der Waals surface area contributed by atoms with Gasteiger partial charge in [0.2, 0.25) is 5.91 Å². The molecule has 26 heavy (non-hydrogen) atoms. The fourth-order valence-electron chi connectivity index (χ4n) is 4.60. The maximum absolute atomic E-state index is 12.9. The van der Waals surface area contributed by atoms with E-state index in [2.05, 4.69) is 39.6 Å². The van der Waals surface area contributed by atoms with Gasteiger partial charge in [-0.2, -0.15) is 0 Å². The van der Waals surface area contributed by atoms with E-state index in [9.17, 15) is 4.79 Å². The molecular weight excluding hydrogens is 344 g/mol. The quantitative estimate of drug-likeness (QED) is 0.823. The molecule has 0 aromatic carbocycles. The van der Waals surface area contributed by atoms with Crippen molar-refractivity contribution in [3.63, 3.8) is 0 Å². The molecule has 1 amide bonds. The van der Waals surface area contributed by atoms with Crippen LogP contribution >= 0.6 is 11.3 Å². The van der Waals surface area contributed by atoms with Gasteiger partial charge in [-0.05, 0) is 45.7 Å². The number of nitrogens with zero attached hydrogens (tertiary/aromatic N) is 4. The standard InChI is InChI=1S/C20H30N4OS/c1-16-21-18(19-24(16)13-14-26-19)20(2)8-6-11-23(15-20)17(25)7-12-22-9-4-3-5-10-22/h13-14H,3-12,15H2,1-2H3/t20-/m0/s1. The summed E-state index contributed by atoms with van der Waals surface area (Å²) >= 11 is 1.76. The van der Waals surface area contributed by atoms with Crippen LogP contribution in [0, 0.1) is 6.92 Å². The highest BCUT2D eigenvalue weighted by molar-refractivity contribution is 7.15. The summed E-state index contributed by atoms with van der Waals surface area (Å²) in [4.78, 5) is 23.5. The monoisotopic (exact) mass is 374 g/mol. The molecule has 2 aromatic heterocycles. The molecule has 0 radical (unpaired) electrons. The molecule has 2 aliphatic heterocycles. The third-order valence-corrected chi connectivity index (χ3v) is 7.02. The Bertz CT molecular complexity index is 776. The van der Waals surface area contributed by atoms with Gasteiger partial charge in [-0.1, -0.05) is 13.3 Å². The first-order valence-corrected chi connectivity index (χ1v) is 10.9. The summed E-state index contributed by atoms with van der Waals surface area (Å²) in [6, 6.07) is 0. The number of fused-ring (bicyclic) bond motifs is 1. The fourth-order valence-corrected chi connectivity index (χ4v) is 5.62. The van der Waals surface area contributed by atoms with Crippen LogP contribution in [0.2, 0.25) is 0 Å². The molecule has 2 saturated heterocycles. The van der Waals surface area contributed by atoms with Gasteiger partial charge in [0.1, 0.15) is 10.7 Å². The van der Waals surface area contributed by atoms with Gasteiger partial charge in [0, 0.05) is 43.0 Å². The molecule has 2 aliphatic rings. The molecule has 0 spiro atoms. The van der Waals surface area contributed by atoms with Crippen molar-refractivity contribution in [2.24, 2.45) is 0 Å². The number of hydrogen-bond acceptors (Lipinski definition) is 4. The molecule has 0 saturated carbocycles. The number of aromatic nitrogens is 2. The second-order valence-corrected chi connectivity index (χ2v) is 9.11. The summed E-state index contributed by atoms with van der Waals surface area (Å²) in [5, 5.41) is 2.13. The van der Waals surface area contributed by atoms with E-state index >= 15 is 0 Å². The summed E-state index contributed by atoms with van der Waals surface area (Å²) < 4.78 is 2.18. The number of aryl methyl sites for hydroxylation is 1. The van der Waals surface area contributed by atoms with E-state index in [0.717, 1.165) is 51.4 Å². The lowest BCUT2D eigenvalue weighted by molar-refractivity contribution is -0.133. The lowest BCUT2D eigenvalue weighted by Gasteiger charge is -2.40. The van der Waals surface area contributed by atoms with Crippen LogP contribution in [0.4, 0.5) is 0 Å². The molecule has 2 aromatic rings. The summed E-state index contributed by atoms with van der Waals surface area (Å²) in [6.07, 6.45) is 8.84. The topological polar surface area (TPSA) is 40.9 Å². The molecule has 1 atom stereocenters. The molecule has 0 bridgehead atoms. The minimum atomic E-state index is -0.0383. The number of carbonyl (C=O) groups is 1. The minimum absolute atomic E-state index is 0.0383. The first-order valence-electron chi connectivity index (χ1n) is 10.00. The number of amides is 1. The number of imidazole rings is 1. The smallest absolute Gasteiger partial charge is 0.223 e. The maximum Gasteiger partial charge on any atom is 0.223 e. The van der Waals surface area contributed by atoms with Crippen molar-refractivity contribution in [3.05, 3.63) is 23.1 Å². The van der Waals surface area contributed by atoms with Crippen LogP contribution in [0.3, 0.4) is 0 Å². The Morgan fingerprint density at radius 1 is 1.23 bits per heavy atom. The Balaban J connectivity index is 1.44. The van der Waals surface area contributed by atoms with Crippen molar-refractivity contribution >= 4 is 22.1 Å². The lowest BCUT2D eigenvalue weighted by Crippen LogP contribution is -2.48. The molecule has 0 N–H and O–H groups in total. The number of piperidine rings is 2. The third-order valence-electron chi connectivity index (χ3n) is 6.14. The number of likely N-dealkylation sites (tertiary alicyclic amines) is 2. The Morgan fingerprint density at radius 3 is 2.85 bits per heavy atom. The van der Waals surface area contributed by atoms with Crippen molar-refractivity contribution in [2.45, 2.75) is 57.8 Å². The predicted molar refractivity (Wildman–Crippen MR) is 106 cm³/mol. The number of rotatable bonds is 4. The predicted octanol–water partition coefficient (Wildman–Crippen LogP) is 3.46. The lowest BCUT2D eigenvalue weighted by atomic mass is 9.79. The van der Waals surface area contributed by atoms with Gasteiger partial charge < -0.3 is 9.80 Å². The molecule has 0 aliphatic carbocycles. The van der Waals surface area contributed by atoms with Crippen molar-refractivity contribution in [1.82, 2.24) is 19.2 Å². The molecular formula is C20H30N4OS. The van der Waals surface area contributed by atoms with Crippen LogP contribution in [0.25, 0.3) is 4.83 Å². The van der Waals surface area contributed by atoms with Gasteiger partial charge in [-0.25, -0.2) is 4.98 Å². The van der Waals surface area contributed by atoms with E-state index < -0.39 is 0 Å². The number of carbonyl (C=O) groups excluding carboxylic acids is 1. The zero-order valence-electron chi connectivity index (χ0n) is 16.0. The van der Waals surface area contributed by atoms with Crippen molar-refractivity contribution in [3.8, 4) is 0 Å². The second-order valence-electron chi connectivity index (χ2n) is 8.22. The Kier molecular flexibility index (Phi) is 5.06. The van der Waals surface area contributed by atoms with Gasteiger partial charge in [0.25, 0.3) is 0 Å². The van der Waals surface area contributed by atoms with Gasteiger partial charge in [0.05, 0.1) is 5.69 Å². The van der Waals surface area contributed by atoms with Crippen LogP contribution in [0.1, 0.15) is 57.0 Å². The van der Waals surface area contributed by atoms with Crippen LogP contribution < -0.4 is 0 Å². The van der Waals surface area contributed by atoms with E-state index in [4.69, 9.17) is 4.98 Å². The maximum atomic E-state index is 12.9. The van der Waals surface area contributed by atoms with Crippen LogP contribution in [-0.4, -0.2) is 57.8 Å². The second kappa shape index (κ2) is 7.31. The first kappa shape index (κ1) is 18.0. The number of thiazole rings is 1. The van der Waals surface area contributed by atoms with Gasteiger partial charge in [0.15, 0.2) is 0 Å². The molecule has 4 heterocycles. The molecule has 0 unspecified atom stereocenters. The van der Waals surface area contributed by atoms with Gasteiger partial charge in [-0.3, -0.25) is 9.20 Å². The first-order chi connectivity index (χ1) is 12.6. The van der Waals surface area contributed by atoms with Gasteiger partial charge >= 0.3 is 0 Å². The normalized spacial score (nSPS) is 25.1. The zero-order valence-corrected chi connectivity index (χ0v) is 16.9. The SMILES string of the molecule is Cc1nc([C@@]2(C)CCCN(C(=O)CCN3CCCCC3)C2)c2sccn12. The van der Waals surface area contributed by atoms with Crippen LogP contribution in [0.15, 0.2) is 11.6 Å². The van der Waals surface area contributed by atoms with E-state index in [1.807, 2.05) is 0 Å². The summed E-state index contributed by atoms with van der Waals surface area (Å²) in [7, 11) is 0. The Hall–Kier alpha value is -1.40. The highest BCUT2D eigenvalue weighted by atomic mass is 32.1. The van der Waals surface area contributed by atoms with E-state index in [1.165, 1.54) is 29.8 Å². The average Bonchev–Trinajstić information content (AvgIpc) is 3.25. The molecule has 2 fully saturated rings. The largest absolute Gasteiger partial charge is 0.342 e. The molecule has 142 valence electrons. The molecule has 5 nitrogen and oxygen atoms in total. The minimum Gasteiger partial charge on any atom is -0.342 e. The summed E-state index contributed by atoms with van der Waals surface area (Å²) in [5.41, 5.74) is 1.14. The fraction of sp³-hybridized carbons (Fsp3) is 0.700. The summed E-state index contributed by atoms with van der Waals surface area (Å²) in [5.74, 6) is 1.37. The van der Waals surface area contributed by atoms with Gasteiger partial charge in [-0.15, -0.1) is 11.3 Å².